The third kappa shape index (κ3) is 5.72. The van der Waals surface area contributed by atoms with Gasteiger partial charge in [0.1, 0.15) is 0 Å². The summed E-state index contributed by atoms with van der Waals surface area (Å²) in [6.45, 7) is 0.955. The fraction of sp³-hybridized carbons (Fsp3) is 0.500. The minimum atomic E-state index is -1.09. The molecule has 0 aromatic heterocycles. The van der Waals surface area contributed by atoms with Gasteiger partial charge in [-0.25, -0.2) is 4.79 Å². The molecule has 0 heterocycles. The lowest BCUT2D eigenvalue weighted by atomic mass is 10.7. The molecule has 0 fully saturated rings. The van der Waals surface area contributed by atoms with Gasteiger partial charge in [-0.15, -0.1) is 11.6 Å². The van der Waals surface area contributed by atoms with Gasteiger partial charge in [0.2, 0.25) is 0 Å². The van der Waals surface area contributed by atoms with Crippen LogP contribution >= 0.6 is 11.6 Å². The number of carbonyl (C=O) groups is 1. The van der Waals surface area contributed by atoms with E-state index in [9.17, 15) is 4.79 Å². The van der Waals surface area contributed by atoms with Gasteiger partial charge in [-0.3, -0.25) is 0 Å². The molecule has 0 saturated carbocycles. The second kappa shape index (κ2) is 4.87. The van der Waals surface area contributed by atoms with Crippen molar-refractivity contribution in [1.29, 1.82) is 0 Å². The maximum Gasteiger partial charge on any atom is 0.336 e. The second-order valence-electron chi connectivity index (χ2n) is 1.02. The maximum absolute atomic E-state index is 9.65. The monoisotopic (exact) mass is 137 g/mol. The molecule has 0 aliphatic carbocycles. The highest BCUT2D eigenvalue weighted by atomic mass is 35.5. The van der Waals surface area contributed by atoms with Crippen LogP contribution in [0.3, 0.4) is 0 Å². The van der Waals surface area contributed by atoms with Crippen LogP contribution in [0.5, 0.6) is 0 Å². The minimum absolute atomic E-state index is 0.244. The summed E-state index contributed by atoms with van der Waals surface area (Å²) >= 11 is 5.15. The average Bonchev–Trinajstić information content (AvgIpc) is 1.66. The van der Waals surface area contributed by atoms with E-state index in [4.69, 9.17) is 16.7 Å². The number of aliphatic carboxylic acids is 1. The van der Waals surface area contributed by atoms with Gasteiger partial charge in [-0.1, -0.05) is 0 Å². The van der Waals surface area contributed by atoms with Gasteiger partial charge in [0, 0.05) is 5.88 Å². The summed E-state index contributed by atoms with van der Waals surface area (Å²) in [5.74, 6) is -0.779. The van der Waals surface area contributed by atoms with Gasteiger partial charge in [-0.2, -0.15) is 0 Å². The van der Waals surface area contributed by atoms with Crippen LogP contribution in [0.1, 0.15) is 0 Å². The topological polar surface area (TPSA) is 46.5 Å². The van der Waals surface area contributed by atoms with E-state index in [0.717, 1.165) is 0 Å². The molecule has 3 nitrogen and oxygen atoms in total. The standard InChI is InChI=1S/C4H6ClO3/c5-1-2-8-3-4(6)7/h3H,1-2H2,(H,6,7). The van der Waals surface area contributed by atoms with Crippen molar-refractivity contribution in [2.45, 2.75) is 0 Å². The number of ether oxygens (including phenoxy) is 1. The first kappa shape index (κ1) is 7.72. The Bertz CT molecular complexity index is 73.7. The summed E-state index contributed by atoms with van der Waals surface area (Å²) in [6.07, 6.45) is 0. The van der Waals surface area contributed by atoms with E-state index in [2.05, 4.69) is 4.74 Å². The maximum atomic E-state index is 9.65. The molecule has 47 valence electrons. The Labute approximate surface area is 52.2 Å². The first-order chi connectivity index (χ1) is 3.77. The van der Waals surface area contributed by atoms with Gasteiger partial charge in [-0.05, 0) is 0 Å². The molecule has 0 aromatic carbocycles. The summed E-state index contributed by atoms with van der Waals surface area (Å²) in [5.41, 5.74) is 0. The van der Waals surface area contributed by atoms with Crippen molar-refractivity contribution in [3.8, 4) is 0 Å². The van der Waals surface area contributed by atoms with Crippen molar-refractivity contribution in [2.24, 2.45) is 0 Å². The van der Waals surface area contributed by atoms with Crippen LogP contribution in [-0.4, -0.2) is 23.6 Å². The number of rotatable bonds is 4. The Morgan fingerprint density at radius 3 is 2.88 bits per heavy atom. The zero-order chi connectivity index (χ0) is 6.41. The first-order valence-electron chi connectivity index (χ1n) is 2.01. The summed E-state index contributed by atoms with van der Waals surface area (Å²) in [5, 5.41) is 7.92. The van der Waals surface area contributed by atoms with E-state index in [0.29, 0.717) is 12.5 Å². The Morgan fingerprint density at radius 2 is 2.50 bits per heavy atom. The number of hydrogen-bond donors (Lipinski definition) is 1. The SMILES string of the molecule is O=C(O)[CH]OCCCl. The Balaban J connectivity index is 2.82. The Morgan fingerprint density at radius 1 is 1.88 bits per heavy atom. The zero-order valence-corrected chi connectivity index (χ0v) is 4.89. The second-order valence-corrected chi connectivity index (χ2v) is 1.39. The van der Waals surface area contributed by atoms with Crippen LogP contribution in [0.15, 0.2) is 0 Å². The predicted molar refractivity (Wildman–Crippen MR) is 28.6 cm³/mol. The van der Waals surface area contributed by atoms with Crippen LogP contribution in [-0.2, 0) is 9.53 Å². The molecule has 8 heavy (non-hydrogen) atoms. The molecule has 4 heteroatoms. The van der Waals surface area contributed by atoms with Crippen LogP contribution in [0.2, 0.25) is 0 Å². The number of halogens is 1. The van der Waals surface area contributed by atoms with Gasteiger partial charge in [0.05, 0.1) is 6.61 Å². The Hall–Kier alpha value is -0.280. The van der Waals surface area contributed by atoms with Gasteiger partial charge < -0.3 is 9.84 Å². The van der Waals surface area contributed by atoms with Crippen molar-refractivity contribution in [3.63, 3.8) is 0 Å². The third-order valence-electron chi connectivity index (χ3n) is 0.379. The summed E-state index contributed by atoms with van der Waals surface area (Å²) in [4.78, 5) is 9.65. The highest BCUT2D eigenvalue weighted by Crippen LogP contribution is 1.82. The molecule has 0 spiro atoms. The highest BCUT2D eigenvalue weighted by molar-refractivity contribution is 6.17. The lowest BCUT2D eigenvalue weighted by molar-refractivity contribution is -0.137. The van der Waals surface area contributed by atoms with Crippen molar-refractivity contribution < 1.29 is 14.6 Å². The summed E-state index contributed by atoms with van der Waals surface area (Å²) < 4.78 is 4.39. The summed E-state index contributed by atoms with van der Waals surface area (Å²) in [7, 11) is 0. The normalized spacial score (nSPS) is 9.12. The van der Waals surface area contributed by atoms with Crippen molar-refractivity contribution in [2.75, 3.05) is 12.5 Å². The molecule has 1 N–H and O–H groups in total. The van der Waals surface area contributed by atoms with E-state index in [1.807, 2.05) is 0 Å². The molecule has 0 aromatic rings. The largest absolute Gasteiger partial charge is 0.479 e. The Kier molecular flexibility index (Phi) is 4.70. The first-order valence-corrected chi connectivity index (χ1v) is 2.54. The smallest absolute Gasteiger partial charge is 0.336 e. The third-order valence-corrected chi connectivity index (χ3v) is 0.533. The number of alkyl halides is 1. The fourth-order valence-corrected chi connectivity index (χ4v) is 0.264. The van der Waals surface area contributed by atoms with E-state index in [1.165, 1.54) is 0 Å². The van der Waals surface area contributed by atoms with Crippen LogP contribution in [0, 0.1) is 6.61 Å². The quantitative estimate of drug-likeness (QED) is 0.453. The van der Waals surface area contributed by atoms with Gasteiger partial charge >= 0.3 is 5.97 Å². The van der Waals surface area contributed by atoms with E-state index in [1.54, 1.807) is 0 Å². The lowest BCUT2D eigenvalue weighted by Crippen LogP contribution is -2.01. The van der Waals surface area contributed by atoms with Crippen molar-refractivity contribution in [1.82, 2.24) is 0 Å². The molecular formula is C4H6ClO3. The molecule has 1 radical (unpaired) electrons. The van der Waals surface area contributed by atoms with E-state index < -0.39 is 5.97 Å². The molecule has 0 saturated heterocycles. The molecule has 0 rings (SSSR count). The van der Waals surface area contributed by atoms with Gasteiger partial charge in [0.25, 0.3) is 0 Å². The molecule has 0 aliphatic heterocycles. The number of carboxylic acid groups (broad SMARTS) is 1. The minimum Gasteiger partial charge on any atom is -0.479 e. The molecular weight excluding hydrogens is 131 g/mol. The average molecular weight is 138 g/mol. The van der Waals surface area contributed by atoms with E-state index in [-0.39, 0.29) is 6.61 Å². The van der Waals surface area contributed by atoms with Crippen LogP contribution in [0.25, 0.3) is 0 Å². The molecule has 0 atom stereocenters. The molecule has 0 aliphatic rings. The lowest BCUT2D eigenvalue weighted by Gasteiger charge is -1.91. The molecule has 0 bridgehead atoms. The van der Waals surface area contributed by atoms with E-state index >= 15 is 0 Å². The van der Waals surface area contributed by atoms with Crippen LogP contribution in [0.4, 0.5) is 0 Å². The highest BCUT2D eigenvalue weighted by Gasteiger charge is 1.94. The fourth-order valence-electron chi connectivity index (χ4n) is 0.175. The number of hydrogen-bond acceptors (Lipinski definition) is 2. The van der Waals surface area contributed by atoms with Gasteiger partial charge in [0.15, 0.2) is 6.61 Å². The zero-order valence-electron chi connectivity index (χ0n) is 4.13. The summed E-state index contributed by atoms with van der Waals surface area (Å²) in [6, 6.07) is 0. The predicted octanol–water partition coefficient (Wildman–Crippen LogP) is 0.488. The molecule has 0 amide bonds. The van der Waals surface area contributed by atoms with Crippen LogP contribution < -0.4 is 0 Å². The molecule has 0 unspecified atom stereocenters. The number of carboxylic acids is 1. The van der Waals surface area contributed by atoms with Crippen molar-refractivity contribution >= 4 is 17.6 Å². The van der Waals surface area contributed by atoms with Crippen molar-refractivity contribution in [3.05, 3.63) is 6.61 Å².